The summed E-state index contributed by atoms with van der Waals surface area (Å²) >= 11 is 0. The third kappa shape index (κ3) is 6.26. The van der Waals surface area contributed by atoms with Gasteiger partial charge < -0.3 is 16.4 Å². The molecule has 17 heavy (non-hydrogen) atoms. The number of carbonyl (C=O) groups is 2. The quantitative estimate of drug-likeness (QED) is 0.565. The average Bonchev–Trinajstić information content (AvgIpc) is 3.09. The van der Waals surface area contributed by atoms with Crippen LogP contribution in [0.15, 0.2) is 0 Å². The minimum atomic E-state index is -0.0125. The van der Waals surface area contributed by atoms with Crippen LogP contribution in [0.25, 0.3) is 0 Å². The van der Waals surface area contributed by atoms with Crippen molar-refractivity contribution in [2.24, 2.45) is 11.7 Å². The topological polar surface area (TPSA) is 84.2 Å². The summed E-state index contributed by atoms with van der Waals surface area (Å²) in [4.78, 5) is 22.8. The van der Waals surface area contributed by atoms with Gasteiger partial charge in [-0.3, -0.25) is 9.59 Å². The molecule has 1 saturated carbocycles. The van der Waals surface area contributed by atoms with E-state index in [1.807, 2.05) is 6.92 Å². The third-order valence-electron chi connectivity index (χ3n) is 3.00. The summed E-state index contributed by atoms with van der Waals surface area (Å²) in [5, 5.41) is 5.63. The second-order valence-electron chi connectivity index (χ2n) is 4.66. The molecule has 5 heteroatoms. The molecule has 5 nitrogen and oxygen atoms in total. The Bertz CT molecular complexity index is 260. The van der Waals surface area contributed by atoms with Gasteiger partial charge in [0.05, 0.1) is 0 Å². The van der Waals surface area contributed by atoms with Crippen molar-refractivity contribution in [3.8, 4) is 0 Å². The molecular formula is C12H23N3O2. The summed E-state index contributed by atoms with van der Waals surface area (Å²) in [6, 6.07) is 0.389. The van der Waals surface area contributed by atoms with Gasteiger partial charge in [-0.1, -0.05) is 13.3 Å². The number of hydrogen-bond donors (Lipinski definition) is 3. The highest BCUT2D eigenvalue weighted by atomic mass is 16.2. The molecule has 1 rings (SSSR count). The lowest BCUT2D eigenvalue weighted by Gasteiger charge is -2.11. The van der Waals surface area contributed by atoms with Gasteiger partial charge in [0.2, 0.25) is 11.8 Å². The van der Waals surface area contributed by atoms with Crippen LogP contribution in [-0.4, -0.2) is 30.9 Å². The van der Waals surface area contributed by atoms with Crippen LogP contribution in [-0.2, 0) is 9.59 Å². The van der Waals surface area contributed by atoms with Gasteiger partial charge in [0.1, 0.15) is 0 Å². The zero-order chi connectivity index (χ0) is 12.7. The summed E-state index contributed by atoms with van der Waals surface area (Å²) in [6.07, 6.45) is 3.91. The second kappa shape index (κ2) is 7.27. The van der Waals surface area contributed by atoms with E-state index in [-0.39, 0.29) is 17.7 Å². The lowest BCUT2D eigenvalue weighted by molar-refractivity contribution is -0.122. The fourth-order valence-corrected chi connectivity index (χ4v) is 1.57. The van der Waals surface area contributed by atoms with E-state index in [4.69, 9.17) is 5.73 Å². The summed E-state index contributed by atoms with van der Waals surface area (Å²) in [5.74, 6) is 0.260. The lowest BCUT2D eigenvalue weighted by atomic mass is 10.0. The van der Waals surface area contributed by atoms with Crippen molar-refractivity contribution in [2.45, 2.75) is 45.1 Å². The molecule has 0 aromatic heterocycles. The largest absolute Gasteiger partial charge is 0.356 e. The molecule has 1 unspecified atom stereocenters. The molecule has 1 aliphatic rings. The Morgan fingerprint density at radius 2 is 2.06 bits per heavy atom. The van der Waals surface area contributed by atoms with E-state index in [1.54, 1.807) is 0 Å². The van der Waals surface area contributed by atoms with Gasteiger partial charge in [0.25, 0.3) is 0 Å². The number of nitrogens with two attached hydrogens (primary N) is 1. The van der Waals surface area contributed by atoms with Crippen molar-refractivity contribution in [1.82, 2.24) is 10.6 Å². The van der Waals surface area contributed by atoms with E-state index in [9.17, 15) is 9.59 Å². The maximum Gasteiger partial charge on any atom is 0.221 e. The SMILES string of the molecule is CCC(CN)CC(=O)NCCC(=O)NC1CC1. The first-order valence-corrected chi connectivity index (χ1v) is 6.41. The first-order chi connectivity index (χ1) is 8.15. The van der Waals surface area contributed by atoms with Gasteiger partial charge in [-0.25, -0.2) is 0 Å². The predicted molar refractivity (Wildman–Crippen MR) is 66.2 cm³/mol. The first-order valence-electron chi connectivity index (χ1n) is 6.41. The van der Waals surface area contributed by atoms with Crippen LogP contribution in [0.3, 0.4) is 0 Å². The van der Waals surface area contributed by atoms with Crippen molar-refractivity contribution in [1.29, 1.82) is 0 Å². The van der Waals surface area contributed by atoms with Crippen molar-refractivity contribution in [2.75, 3.05) is 13.1 Å². The molecule has 98 valence electrons. The average molecular weight is 241 g/mol. The Hall–Kier alpha value is -1.10. The van der Waals surface area contributed by atoms with E-state index in [0.717, 1.165) is 19.3 Å². The van der Waals surface area contributed by atoms with Crippen LogP contribution in [0.1, 0.15) is 39.0 Å². The molecule has 0 heterocycles. The highest BCUT2D eigenvalue weighted by Gasteiger charge is 2.22. The summed E-state index contributed by atoms with van der Waals surface area (Å²) in [5.41, 5.74) is 5.53. The minimum Gasteiger partial charge on any atom is -0.356 e. The maximum atomic E-state index is 11.5. The van der Waals surface area contributed by atoms with Crippen LogP contribution in [0.4, 0.5) is 0 Å². The second-order valence-corrected chi connectivity index (χ2v) is 4.66. The molecule has 0 aromatic rings. The van der Waals surface area contributed by atoms with Gasteiger partial charge in [-0.2, -0.15) is 0 Å². The fourth-order valence-electron chi connectivity index (χ4n) is 1.57. The van der Waals surface area contributed by atoms with E-state index >= 15 is 0 Å². The number of carbonyl (C=O) groups excluding carboxylic acids is 2. The number of rotatable bonds is 8. The van der Waals surface area contributed by atoms with Crippen molar-refractivity contribution in [3.05, 3.63) is 0 Å². The molecule has 0 spiro atoms. The Balaban J connectivity index is 2.04. The van der Waals surface area contributed by atoms with Crippen molar-refractivity contribution < 1.29 is 9.59 Å². The lowest BCUT2D eigenvalue weighted by Crippen LogP contribution is -2.33. The van der Waals surface area contributed by atoms with Crippen LogP contribution < -0.4 is 16.4 Å². The Labute approximate surface area is 103 Å². The van der Waals surface area contributed by atoms with Gasteiger partial charge in [0, 0.05) is 25.4 Å². The molecule has 1 aliphatic carbocycles. The molecule has 4 N–H and O–H groups in total. The molecule has 0 bridgehead atoms. The highest BCUT2D eigenvalue weighted by molar-refractivity contribution is 5.79. The fraction of sp³-hybridized carbons (Fsp3) is 0.833. The molecule has 0 aromatic carbocycles. The van der Waals surface area contributed by atoms with Crippen molar-refractivity contribution >= 4 is 11.8 Å². The summed E-state index contributed by atoms with van der Waals surface area (Å²) in [6.45, 7) is 2.97. The molecule has 0 saturated heterocycles. The maximum absolute atomic E-state index is 11.5. The van der Waals surface area contributed by atoms with E-state index in [1.165, 1.54) is 0 Å². The third-order valence-corrected chi connectivity index (χ3v) is 3.00. The van der Waals surface area contributed by atoms with E-state index in [0.29, 0.717) is 32.0 Å². The Kier molecular flexibility index (Phi) is 5.97. The molecule has 0 aliphatic heterocycles. The van der Waals surface area contributed by atoms with Crippen LogP contribution in [0.2, 0.25) is 0 Å². The zero-order valence-corrected chi connectivity index (χ0v) is 10.5. The van der Waals surface area contributed by atoms with Crippen LogP contribution in [0.5, 0.6) is 0 Å². The monoisotopic (exact) mass is 241 g/mol. The number of amides is 2. The molecular weight excluding hydrogens is 218 g/mol. The molecule has 2 amide bonds. The Morgan fingerprint density at radius 1 is 1.35 bits per heavy atom. The molecule has 1 fully saturated rings. The number of nitrogens with one attached hydrogen (secondary N) is 2. The summed E-state index contributed by atoms with van der Waals surface area (Å²) < 4.78 is 0. The predicted octanol–water partition coefficient (Wildman–Crippen LogP) is 0.146. The number of hydrogen-bond acceptors (Lipinski definition) is 3. The first kappa shape index (κ1) is 14.0. The van der Waals surface area contributed by atoms with E-state index < -0.39 is 0 Å². The van der Waals surface area contributed by atoms with Gasteiger partial charge in [-0.05, 0) is 25.3 Å². The Morgan fingerprint density at radius 3 is 2.59 bits per heavy atom. The summed E-state index contributed by atoms with van der Waals surface area (Å²) in [7, 11) is 0. The smallest absolute Gasteiger partial charge is 0.221 e. The van der Waals surface area contributed by atoms with Gasteiger partial charge in [0.15, 0.2) is 0 Å². The standard InChI is InChI=1S/C12H23N3O2/c1-2-9(8-13)7-12(17)14-6-5-11(16)15-10-3-4-10/h9-10H,2-8,13H2,1H3,(H,14,17)(H,15,16). The van der Waals surface area contributed by atoms with Crippen LogP contribution >= 0.6 is 0 Å². The van der Waals surface area contributed by atoms with E-state index in [2.05, 4.69) is 10.6 Å². The molecule has 0 radical (unpaired) electrons. The van der Waals surface area contributed by atoms with Crippen LogP contribution in [0, 0.1) is 5.92 Å². The highest BCUT2D eigenvalue weighted by Crippen LogP contribution is 2.18. The van der Waals surface area contributed by atoms with Crippen molar-refractivity contribution in [3.63, 3.8) is 0 Å². The van der Waals surface area contributed by atoms with Gasteiger partial charge in [-0.15, -0.1) is 0 Å². The normalized spacial score (nSPS) is 16.4. The molecule has 1 atom stereocenters. The van der Waals surface area contributed by atoms with Gasteiger partial charge >= 0.3 is 0 Å². The minimum absolute atomic E-state index is 0.0125. The zero-order valence-electron chi connectivity index (χ0n) is 10.5.